The highest BCUT2D eigenvalue weighted by Crippen LogP contribution is 2.28. The molecule has 2 unspecified atom stereocenters. The molecule has 6 nitrogen and oxygen atoms in total. The summed E-state index contributed by atoms with van der Waals surface area (Å²) in [6.45, 7) is 5.49. The van der Waals surface area contributed by atoms with Gasteiger partial charge in [-0.2, -0.15) is 0 Å². The van der Waals surface area contributed by atoms with Crippen LogP contribution in [-0.2, 0) is 9.53 Å². The Morgan fingerprint density at radius 2 is 1.96 bits per heavy atom. The number of aromatic nitrogens is 1. The molecule has 0 spiro atoms. The zero-order valence-corrected chi connectivity index (χ0v) is 14.8. The fourth-order valence-electron chi connectivity index (χ4n) is 4.37. The van der Waals surface area contributed by atoms with E-state index in [-0.39, 0.29) is 5.91 Å². The van der Waals surface area contributed by atoms with Gasteiger partial charge in [0.05, 0.1) is 19.3 Å². The van der Waals surface area contributed by atoms with Crippen LogP contribution in [0.5, 0.6) is 0 Å². The fraction of sp³-hybridized carbons (Fsp3) is 0.684. The van der Waals surface area contributed by atoms with Gasteiger partial charge in [-0.1, -0.05) is 18.9 Å². The number of morpholine rings is 1. The van der Waals surface area contributed by atoms with Crippen LogP contribution in [-0.4, -0.2) is 78.7 Å². The summed E-state index contributed by atoms with van der Waals surface area (Å²) in [5.74, 6) is 1.28. The topological polar surface area (TPSA) is 48.9 Å². The third-order valence-corrected chi connectivity index (χ3v) is 5.79. The van der Waals surface area contributed by atoms with Crippen molar-refractivity contribution in [3.63, 3.8) is 0 Å². The van der Waals surface area contributed by atoms with Crippen LogP contribution in [0.3, 0.4) is 0 Å². The predicted octanol–water partition coefficient (Wildman–Crippen LogP) is 1.37. The van der Waals surface area contributed by atoms with E-state index < -0.39 is 0 Å². The summed E-state index contributed by atoms with van der Waals surface area (Å²) in [5.41, 5.74) is 0. The summed E-state index contributed by atoms with van der Waals surface area (Å²) in [6.07, 6.45) is 7.02. The standard InChI is InChI=1S/C19H28N4O2/c24-19(15-23-13-14-25-17-6-2-1-5-16(17)23)22-11-9-21(10-12-22)18-7-3-4-8-20-18/h3-4,7-8,16-17H,1-2,5-6,9-15H2. The number of fused-ring (bicyclic) bond motifs is 1. The van der Waals surface area contributed by atoms with Crippen LogP contribution in [0.1, 0.15) is 25.7 Å². The monoisotopic (exact) mass is 344 g/mol. The molecule has 1 aromatic rings. The molecule has 4 rings (SSSR count). The average molecular weight is 344 g/mol. The Bertz CT molecular complexity index is 572. The largest absolute Gasteiger partial charge is 0.375 e. The molecule has 2 aliphatic heterocycles. The maximum atomic E-state index is 12.8. The molecule has 136 valence electrons. The second-order valence-corrected chi connectivity index (χ2v) is 7.29. The van der Waals surface area contributed by atoms with E-state index in [2.05, 4.69) is 14.8 Å². The highest BCUT2D eigenvalue weighted by molar-refractivity contribution is 5.78. The summed E-state index contributed by atoms with van der Waals surface area (Å²) in [6, 6.07) is 6.43. The molecule has 3 fully saturated rings. The first kappa shape index (κ1) is 16.8. The van der Waals surface area contributed by atoms with E-state index in [1.165, 1.54) is 19.3 Å². The van der Waals surface area contributed by atoms with Crippen molar-refractivity contribution in [2.24, 2.45) is 0 Å². The van der Waals surface area contributed by atoms with Crippen molar-refractivity contribution in [3.05, 3.63) is 24.4 Å². The molecule has 1 amide bonds. The molecule has 3 heterocycles. The van der Waals surface area contributed by atoms with E-state index in [4.69, 9.17) is 4.74 Å². The smallest absolute Gasteiger partial charge is 0.236 e. The normalized spacial score (nSPS) is 27.8. The average Bonchev–Trinajstić information content (AvgIpc) is 2.69. The first-order valence-electron chi connectivity index (χ1n) is 9.61. The number of ether oxygens (including phenoxy) is 1. The Morgan fingerprint density at radius 1 is 1.12 bits per heavy atom. The van der Waals surface area contributed by atoms with E-state index >= 15 is 0 Å². The van der Waals surface area contributed by atoms with Gasteiger partial charge in [-0.3, -0.25) is 9.69 Å². The van der Waals surface area contributed by atoms with E-state index in [1.807, 2.05) is 29.3 Å². The number of anilines is 1. The minimum atomic E-state index is 0.270. The van der Waals surface area contributed by atoms with Gasteiger partial charge in [0, 0.05) is 45.0 Å². The van der Waals surface area contributed by atoms with Crippen molar-refractivity contribution < 1.29 is 9.53 Å². The third kappa shape index (κ3) is 3.80. The molecule has 25 heavy (non-hydrogen) atoms. The Kier molecular flexibility index (Phi) is 5.17. The van der Waals surface area contributed by atoms with Crippen LogP contribution in [0.4, 0.5) is 5.82 Å². The lowest BCUT2D eigenvalue weighted by Gasteiger charge is -2.44. The maximum Gasteiger partial charge on any atom is 0.236 e. The van der Waals surface area contributed by atoms with Crippen molar-refractivity contribution in [3.8, 4) is 0 Å². The van der Waals surface area contributed by atoms with Crippen LogP contribution in [0.15, 0.2) is 24.4 Å². The first-order chi connectivity index (χ1) is 12.3. The van der Waals surface area contributed by atoms with Crippen LogP contribution in [0, 0.1) is 0 Å². The molecule has 2 atom stereocenters. The van der Waals surface area contributed by atoms with Gasteiger partial charge in [0.2, 0.25) is 5.91 Å². The second-order valence-electron chi connectivity index (χ2n) is 7.29. The number of carbonyl (C=O) groups excluding carboxylic acids is 1. The highest BCUT2D eigenvalue weighted by Gasteiger charge is 2.35. The minimum absolute atomic E-state index is 0.270. The minimum Gasteiger partial charge on any atom is -0.375 e. The van der Waals surface area contributed by atoms with Crippen LogP contribution < -0.4 is 4.90 Å². The molecular weight excluding hydrogens is 316 g/mol. The summed E-state index contributed by atoms with van der Waals surface area (Å²) < 4.78 is 5.92. The maximum absolute atomic E-state index is 12.8. The summed E-state index contributed by atoms with van der Waals surface area (Å²) in [5, 5.41) is 0. The molecule has 1 saturated carbocycles. The zero-order valence-electron chi connectivity index (χ0n) is 14.8. The van der Waals surface area contributed by atoms with E-state index in [0.717, 1.165) is 51.6 Å². The summed E-state index contributed by atoms with van der Waals surface area (Å²) in [4.78, 5) is 23.9. The van der Waals surface area contributed by atoms with E-state index in [0.29, 0.717) is 18.7 Å². The van der Waals surface area contributed by atoms with E-state index in [1.54, 1.807) is 0 Å². The van der Waals surface area contributed by atoms with Gasteiger partial charge in [-0.15, -0.1) is 0 Å². The number of carbonyl (C=O) groups is 1. The molecule has 2 saturated heterocycles. The number of nitrogens with zero attached hydrogens (tertiary/aromatic N) is 4. The molecule has 6 heteroatoms. The van der Waals surface area contributed by atoms with Gasteiger partial charge >= 0.3 is 0 Å². The fourth-order valence-corrected chi connectivity index (χ4v) is 4.37. The van der Waals surface area contributed by atoms with Crippen molar-refractivity contribution >= 4 is 11.7 Å². The Hall–Kier alpha value is -1.66. The number of amides is 1. The highest BCUT2D eigenvalue weighted by atomic mass is 16.5. The summed E-state index contributed by atoms with van der Waals surface area (Å²) in [7, 11) is 0. The number of hydrogen-bond donors (Lipinski definition) is 0. The quantitative estimate of drug-likeness (QED) is 0.829. The molecule has 0 radical (unpaired) electrons. The lowest BCUT2D eigenvalue weighted by atomic mass is 9.90. The molecule has 3 aliphatic rings. The van der Waals surface area contributed by atoms with E-state index in [9.17, 15) is 4.79 Å². The van der Waals surface area contributed by atoms with Gasteiger partial charge in [0.1, 0.15) is 5.82 Å². The van der Waals surface area contributed by atoms with Crippen LogP contribution in [0.2, 0.25) is 0 Å². The van der Waals surface area contributed by atoms with Crippen LogP contribution in [0.25, 0.3) is 0 Å². The van der Waals surface area contributed by atoms with Gasteiger partial charge < -0.3 is 14.5 Å². The first-order valence-corrected chi connectivity index (χ1v) is 9.61. The molecular formula is C19H28N4O2. The third-order valence-electron chi connectivity index (χ3n) is 5.79. The number of hydrogen-bond acceptors (Lipinski definition) is 5. The van der Waals surface area contributed by atoms with Crippen molar-refractivity contribution in [1.29, 1.82) is 0 Å². The Labute approximate surface area is 149 Å². The van der Waals surface area contributed by atoms with Gasteiger partial charge in [0.25, 0.3) is 0 Å². The predicted molar refractivity (Wildman–Crippen MR) is 96.6 cm³/mol. The molecule has 0 aromatic carbocycles. The van der Waals surface area contributed by atoms with Crippen molar-refractivity contribution in [2.45, 2.75) is 37.8 Å². The number of rotatable bonds is 3. The van der Waals surface area contributed by atoms with Gasteiger partial charge in [-0.05, 0) is 25.0 Å². The zero-order chi connectivity index (χ0) is 17.1. The van der Waals surface area contributed by atoms with Crippen LogP contribution >= 0.6 is 0 Å². The molecule has 1 aromatic heterocycles. The van der Waals surface area contributed by atoms with Gasteiger partial charge in [-0.25, -0.2) is 4.98 Å². The van der Waals surface area contributed by atoms with Crippen molar-refractivity contribution in [1.82, 2.24) is 14.8 Å². The Balaban J connectivity index is 1.30. The lowest BCUT2D eigenvalue weighted by molar-refractivity contribution is -0.139. The lowest BCUT2D eigenvalue weighted by Crippen LogP contribution is -2.57. The molecule has 1 aliphatic carbocycles. The van der Waals surface area contributed by atoms with Crippen molar-refractivity contribution in [2.75, 3.05) is 50.8 Å². The Morgan fingerprint density at radius 3 is 2.76 bits per heavy atom. The molecule has 0 N–H and O–H groups in total. The second kappa shape index (κ2) is 7.70. The SMILES string of the molecule is O=C(CN1CCOC2CCCCC21)N1CCN(c2ccccn2)CC1. The summed E-state index contributed by atoms with van der Waals surface area (Å²) >= 11 is 0. The molecule has 0 bridgehead atoms. The number of piperazine rings is 1. The number of pyridine rings is 1. The van der Waals surface area contributed by atoms with Gasteiger partial charge in [0.15, 0.2) is 0 Å².